The number of anilines is 1. The number of amides is 4. The summed E-state index contributed by atoms with van der Waals surface area (Å²) in [6.07, 6.45) is 2.22. The van der Waals surface area contributed by atoms with Crippen molar-refractivity contribution in [2.24, 2.45) is 0 Å². The van der Waals surface area contributed by atoms with Crippen molar-refractivity contribution >= 4 is 41.2 Å². The standard InChI is InChI=1S/C25H28ClN3O5/c1-5-16(4)34-23-19(26)11-17(13-21(23)33-6-2)12-20-24(31)29(25(32)28-20)14-22(30)27-18-9-7-15(3)8-10-18/h7-13,16H,5-6,14H2,1-4H3,(H,27,30)(H,28,32). The van der Waals surface area contributed by atoms with Crippen LogP contribution >= 0.6 is 11.6 Å². The molecule has 34 heavy (non-hydrogen) atoms. The van der Waals surface area contributed by atoms with Crippen LogP contribution in [-0.2, 0) is 9.59 Å². The van der Waals surface area contributed by atoms with Gasteiger partial charge < -0.3 is 20.1 Å². The van der Waals surface area contributed by atoms with E-state index in [1.807, 2.05) is 39.8 Å². The average molecular weight is 486 g/mol. The molecule has 180 valence electrons. The van der Waals surface area contributed by atoms with Crippen LogP contribution in [-0.4, -0.2) is 42.0 Å². The summed E-state index contributed by atoms with van der Waals surface area (Å²) in [5.74, 6) is -0.232. The lowest BCUT2D eigenvalue weighted by atomic mass is 10.1. The van der Waals surface area contributed by atoms with Gasteiger partial charge in [0.2, 0.25) is 5.91 Å². The number of carbonyl (C=O) groups is 3. The van der Waals surface area contributed by atoms with Crippen LogP contribution in [0.3, 0.4) is 0 Å². The maximum Gasteiger partial charge on any atom is 0.329 e. The molecule has 0 bridgehead atoms. The van der Waals surface area contributed by atoms with Gasteiger partial charge in [0, 0.05) is 5.69 Å². The predicted octanol–water partition coefficient (Wildman–Crippen LogP) is 4.76. The lowest BCUT2D eigenvalue weighted by Gasteiger charge is -2.18. The Labute approximate surface area is 203 Å². The summed E-state index contributed by atoms with van der Waals surface area (Å²) in [5.41, 5.74) is 2.20. The fraction of sp³-hybridized carbons (Fsp3) is 0.320. The van der Waals surface area contributed by atoms with E-state index in [2.05, 4.69) is 10.6 Å². The normalized spacial score (nSPS) is 15.3. The fourth-order valence-corrected chi connectivity index (χ4v) is 3.46. The maximum atomic E-state index is 12.8. The van der Waals surface area contributed by atoms with E-state index in [1.54, 1.807) is 24.3 Å². The van der Waals surface area contributed by atoms with Crippen molar-refractivity contribution in [3.05, 3.63) is 58.2 Å². The van der Waals surface area contributed by atoms with Gasteiger partial charge in [0.25, 0.3) is 5.91 Å². The number of aryl methyl sites for hydroxylation is 1. The van der Waals surface area contributed by atoms with E-state index >= 15 is 0 Å². The van der Waals surface area contributed by atoms with Crippen LogP contribution in [0.15, 0.2) is 42.1 Å². The number of carbonyl (C=O) groups excluding carboxylic acids is 3. The lowest BCUT2D eigenvalue weighted by molar-refractivity contribution is -0.127. The van der Waals surface area contributed by atoms with E-state index in [0.29, 0.717) is 34.4 Å². The molecule has 0 radical (unpaired) electrons. The lowest BCUT2D eigenvalue weighted by Crippen LogP contribution is -2.38. The summed E-state index contributed by atoms with van der Waals surface area (Å²) in [5, 5.41) is 5.51. The molecular weight excluding hydrogens is 458 g/mol. The third-order valence-electron chi connectivity index (χ3n) is 5.14. The Morgan fingerprint density at radius 3 is 2.56 bits per heavy atom. The van der Waals surface area contributed by atoms with Gasteiger partial charge in [-0.25, -0.2) is 9.69 Å². The first kappa shape index (κ1) is 25.1. The van der Waals surface area contributed by atoms with Crippen LogP contribution in [0.1, 0.15) is 38.3 Å². The Bertz CT molecular complexity index is 1110. The first-order valence-electron chi connectivity index (χ1n) is 11.1. The zero-order valence-corrected chi connectivity index (χ0v) is 20.4. The highest BCUT2D eigenvalue weighted by Crippen LogP contribution is 2.38. The van der Waals surface area contributed by atoms with E-state index in [-0.39, 0.29) is 11.8 Å². The molecule has 1 aliphatic heterocycles. The topological polar surface area (TPSA) is 97.0 Å². The Morgan fingerprint density at radius 1 is 1.21 bits per heavy atom. The molecule has 0 spiro atoms. The third-order valence-corrected chi connectivity index (χ3v) is 5.42. The van der Waals surface area contributed by atoms with E-state index in [1.165, 1.54) is 6.08 Å². The monoisotopic (exact) mass is 485 g/mol. The first-order valence-corrected chi connectivity index (χ1v) is 11.4. The van der Waals surface area contributed by atoms with Gasteiger partial charge in [-0.2, -0.15) is 0 Å². The SMILES string of the molecule is CCOc1cc(C=C2NC(=O)N(CC(=O)Nc3ccc(C)cc3)C2=O)cc(Cl)c1OC(C)CC. The average Bonchev–Trinajstić information content (AvgIpc) is 3.05. The number of rotatable bonds is 9. The molecule has 2 N–H and O–H groups in total. The first-order chi connectivity index (χ1) is 16.2. The molecule has 0 aliphatic carbocycles. The molecule has 0 saturated carbocycles. The van der Waals surface area contributed by atoms with E-state index < -0.39 is 24.4 Å². The van der Waals surface area contributed by atoms with E-state index in [0.717, 1.165) is 16.9 Å². The van der Waals surface area contributed by atoms with Gasteiger partial charge in [0.05, 0.1) is 17.7 Å². The summed E-state index contributed by atoms with van der Waals surface area (Å²) >= 11 is 6.44. The van der Waals surface area contributed by atoms with Crippen LogP contribution in [0.25, 0.3) is 6.08 Å². The molecule has 1 atom stereocenters. The second-order valence-electron chi connectivity index (χ2n) is 7.89. The highest BCUT2D eigenvalue weighted by molar-refractivity contribution is 6.32. The number of imide groups is 1. The number of nitrogens with one attached hydrogen (secondary N) is 2. The minimum atomic E-state index is -0.678. The highest BCUT2D eigenvalue weighted by atomic mass is 35.5. The second-order valence-corrected chi connectivity index (χ2v) is 8.30. The molecule has 2 aromatic rings. The summed E-state index contributed by atoms with van der Waals surface area (Å²) in [4.78, 5) is 38.4. The van der Waals surface area contributed by atoms with Crippen molar-refractivity contribution in [2.75, 3.05) is 18.5 Å². The molecule has 8 nitrogen and oxygen atoms in total. The molecule has 1 aliphatic rings. The zero-order valence-electron chi connectivity index (χ0n) is 19.6. The molecule has 2 aromatic carbocycles. The Balaban J connectivity index is 1.77. The smallest absolute Gasteiger partial charge is 0.329 e. The van der Waals surface area contributed by atoms with E-state index in [9.17, 15) is 14.4 Å². The Hall–Kier alpha value is -3.52. The van der Waals surface area contributed by atoms with Crippen LogP contribution in [0.5, 0.6) is 11.5 Å². The van der Waals surface area contributed by atoms with Crippen molar-refractivity contribution in [2.45, 2.75) is 40.2 Å². The van der Waals surface area contributed by atoms with Crippen molar-refractivity contribution in [1.29, 1.82) is 0 Å². The zero-order chi connectivity index (χ0) is 24.8. The Morgan fingerprint density at radius 2 is 1.91 bits per heavy atom. The minimum absolute atomic E-state index is 0.0299. The number of hydrogen-bond donors (Lipinski definition) is 2. The summed E-state index contributed by atoms with van der Waals surface area (Å²) in [6.45, 7) is 7.68. The van der Waals surface area contributed by atoms with Crippen LogP contribution in [0, 0.1) is 6.92 Å². The molecule has 1 fully saturated rings. The molecule has 1 unspecified atom stereocenters. The van der Waals surface area contributed by atoms with Gasteiger partial charge in [-0.3, -0.25) is 9.59 Å². The predicted molar refractivity (Wildman–Crippen MR) is 131 cm³/mol. The molecule has 4 amide bonds. The van der Waals surface area contributed by atoms with Gasteiger partial charge in [-0.05, 0) is 63.1 Å². The fourth-order valence-electron chi connectivity index (χ4n) is 3.20. The van der Waals surface area contributed by atoms with Gasteiger partial charge >= 0.3 is 6.03 Å². The molecule has 1 saturated heterocycles. The third kappa shape index (κ3) is 6.08. The molecule has 0 aromatic heterocycles. The number of hydrogen-bond acceptors (Lipinski definition) is 5. The minimum Gasteiger partial charge on any atom is -0.490 e. The Kier molecular flexibility index (Phi) is 8.17. The van der Waals surface area contributed by atoms with Gasteiger partial charge in [0.1, 0.15) is 12.2 Å². The van der Waals surface area contributed by atoms with Crippen LogP contribution < -0.4 is 20.1 Å². The van der Waals surface area contributed by atoms with Crippen LogP contribution in [0.4, 0.5) is 10.5 Å². The molecule has 3 rings (SSSR count). The van der Waals surface area contributed by atoms with E-state index in [4.69, 9.17) is 21.1 Å². The van der Waals surface area contributed by atoms with Crippen molar-refractivity contribution in [3.63, 3.8) is 0 Å². The summed E-state index contributed by atoms with van der Waals surface area (Å²) < 4.78 is 11.6. The number of halogens is 1. The van der Waals surface area contributed by atoms with Crippen LogP contribution in [0.2, 0.25) is 5.02 Å². The summed E-state index contributed by atoms with van der Waals surface area (Å²) in [7, 11) is 0. The number of nitrogens with zero attached hydrogens (tertiary/aromatic N) is 1. The quantitative estimate of drug-likeness (QED) is 0.394. The highest BCUT2D eigenvalue weighted by Gasteiger charge is 2.35. The van der Waals surface area contributed by atoms with Crippen molar-refractivity contribution in [1.82, 2.24) is 10.2 Å². The second kappa shape index (κ2) is 11.1. The number of urea groups is 1. The molecule has 1 heterocycles. The summed E-state index contributed by atoms with van der Waals surface area (Å²) in [6, 6.07) is 9.84. The number of benzene rings is 2. The van der Waals surface area contributed by atoms with Gasteiger partial charge in [0.15, 0.2) is 11.5 Å². The van der Waals surface area contributed by atoms with Crippen molar-refractivity contribution in [3.8, 4) is 11.5 Å². The molecular formula is C25H28ClN3O5. The maximum absolute atomic E-state index is 12.8. The van der Waals surface area contributed by atoms with Crippen molar-refractivity contribution < 1.29 is 23.9 Å². The van der Waals surface area contributed by atoms with Gasteiger partial charge in [-0.1, -0.05) is 36.2 Å². The largest absolute Gasteiger partial charge is 0.490 e. The molecule has 9 heteroatoms. The van der Waals surface area contributed by atoms with Gasteiger partial charge in [-0.15, -0.1) is 0 Å². The number of ether oxygens (including phenoxy) is 2.